The van der Waals surface area contributed by atoms with Crippen LogP contribution in [-0.2, 0) is 0 Å². The van der Waals surface area contributed by atoms with Gasteiger partial charge in [0.25, 0.3) is 5.91 Å². The molecule has 0 aromatic heterocycles. The van der Waals surface area contributed by atoms with Crippen LogP contribution in [0.2, 0.25) is 5.02 Å². The molecule has 0 aliphatic carbocycles. The number of amides is 2. The fourth-order valence-corrected chi connectivity index (χ4v) is 1.92. The van der Waals surface area contributed by atoms with E-state index in [0.717, 1.165) is 12.1 Å². The van der Waals surface area contributed by atoms with E-state index in [1.54, 1.807) is 0 Å². The van der Waals surface area contributed by atoms with Gasteiger partial charge in [0.05, 0.1) is 16.6 Å². The Hall–Kier alpha value is -1.82. The van der Waals surface area contributed by atoms with Crippen molar-refractivity contribution < 1.29 is 19.1 Å². The van der Waals surface area contributed by atoms with Gasteiger partial charge in [0.1, 0.15) is 5.82 Å². The fraction of sp³-hybridized carbons (Fsp3) is 0.273. The van der Waals surface area contributed by atoms with E-state index in [9.17, 15) is 14.0 Å². The zero-order valence-electron chi connectivity index (χ0n) is 9.19. The molecule has 0 unspecified atom stereocenters. The van der Waals surface area contributed by atoms with Gasteiger partial charge in [-0.3, -0.25) is 4.79 Å². The predicted octanol–water partition coefficient (Wildman–Crippen LogP) is 1.57. The average molecular weight is 273 g/mol. The van der Waals surface area contributed by atoms with Gasteiger partial charge in [-0.1, -0.05) is 11.6 Å². The van der Waals surface area contributed by atoms with Crippen molar-refractivity contribution in [2.75, 3.05) is 13.1 Å². The Labute approximate surface area is 107 Å². The molecule has 18 heavy (non-hydrogen) atoms. The van der Waals surface area contributed by atoms with Crippen LogP contribution in [-0.4, -0.2) is 41.1 Å². The maximum absolute atomic E-state index is 12.8. The topological polar surface area (TPSA) is 69.6 Å². The highest BCUT2D eigenvalue weighted by atomic mass is 35.5. The lowest BCUT2D eigenvalue weighted by atomic mass is 10.1. The summed E-state index contributed by atoms with van der Waals surface area (Å²) in [6.07, 6.45) is -1.01. The second-order valence-electron chi connectivity index (χ2n) is 3.98. The summed E-state index contributed by atoms with van der Waals surface area (Å²) in [4.78, 5) is 23.5. The third-order valence-electron chi connectivity index (χ3n) is 2.66. The van der Waals surface area contributed by atoms with Crippen molar-refractivity contribution in [1.29, 1.82) is 0 Å². The lowest BCUT2D eigenvalue weighted by Gasteiger charge is -2.37. The molecule has 96 valence electrons. The van der Waals surface area contributed by atoms with Gasteiger partial charge >= 0.3 is 6.09 Å². The third-order valence-corrected chi connectivity index (χ3v) is 2.98. The van der Waals surface area contributed by atoms with Crippen molar-refractivity contribution in [3.05, 3.63) is 34.6 Å². The van der Waals surface area contributed by atoms with Crippen molar-refractivity contribution in [2.24, 2.45) is 0 Å². The summed E-state index contributed by atoms with van der Waals surface area (Å²) in [5, 5.41) is 11.3. The maximum atomic E-state index is 12.8. The molecule has 1 heterocycles. The molecule has 7 heteroatoms. The van der Waals surface area contributed by atoms with Crippen LogP contribution in [0.15, 0.2) is 18.2 Å². The van der Waals surface area contributed by atoms with Crippen LogP contribution in [0.5, 0.6) is 0 Å². The summed E-state index contributed by atoms with van der Waals surface area (Å²) in [6.45, 7) is 0.500. The largest absolute Gasteiger partial charge is 0.465 e. The van der Waals surface area contributed by atoms with E-state index in [-0.39, 0.29) is 29.7 Å². The number of carbonyl (C=O) groups is 2. The third kappa shape index (κ3) is 2.53. The summed E-state index contributed by atoms with van der Waals surface area (Å²) in [7, 11) is 0. The molecule has 0 spiro atoms. The minimum Gasteiger partial charge on any atom is -0.465 e. The predicted molar refractivity (Wildman–Crippen MR) is 62.3 cm³/mol. The second kappa shape index (κ2) is 4.81. The van der Waals surface area contributed by atoms with E-state index >= 15 is 0 Å². The summed E-state index contributed by atoms with van der Waals surface area (Å²) < 4.78 is 12.8. The number of nitrogens with zero attached hydrogens (tertiary/aromatic N) is 1. The number of hydrogen-bond donors (Lipinski definition) is 2. The van der Waals surface area contributed by atoms with Crippen LogP contribution in [0.3, 0.4) is 0 Å². The first-order valence-electron chi connectivity index (χ1n) is 5.21. The van der Waals surface area contributed by atoms with E-state index in [0.29, 0.717) is 0 Å². The number of halogens is 2. The van der Waals surface area contributed by atoms with Gasteiger partial charge in [-0.2, -0.15) is 0 Å². The van der Waals surface area contributed by atoms with E-state index in [1.165, 1.54) is 11.0 Å². The van der Waals surface area contributed by atoms with Crippen LogP contribution >= 0.6 is 11.6 Å². The van der Waals surface area contributed by atoms with Crippen LogP contribution in [0.25, 0.3) is 0 Å². The maximum Gasteiger partial charge on any atom is 0.407 e. The number of benzene rings is 1. The van der Waals surface area contributed by atoms with Gasteiger partial charge in [0, 0.05) is 13.1 Å². The monoisotopic (exact) mass is 272 g/mol. The number of carbonyl (C=O) groups excluding carboxylic acids is 1. The molecule has 1 aliphatic rings. The standard InChI is InChI=1S/C11H10ClFN2O3/c12-9-3-6(13)1-2-8(9)10(16)14-7-4-15(5-7)11(17)18/h1-3,7H,4-5H2,(H,14,16)(H,17,18). The SMILES string of the molecule is O=C(NC1CN(C(=O)O)C1)c1ccc(F)cc1Cl. The Morgan fingerprint density at radius 1 is 1.44 bits per heavy atom. The van der Waals surface area contributed by atoms with Crippen LogP contribution in [0, 0.1) is 5.82 Å². The Morgan fingerprint density at radius 3 is 2.67 bits per heavy atom. The molecule has 1 aromatic rings. The Bertz CT molecular complexity index is 503. The fourth-order valence-electron chi connectivity index (χ4n) is 1.66. The van der Waals surface area contributed by atoms with E-state index < -0.39 is 17.8 Å². The number of likely N-dealkylation sites (tertiary alicyclic amines) is 1. The lowest BCUT2D eigenvalue weighted by Crippen LogP contribution is -2.60. The molecular weight excluding hydrogens is 263 g/mol. The van der Waals surface area contributed by atoms with Gasteiger partial charge in [0.15, 0.2) is 0 Å². The van der Waals surface area contributed by atoms with Gasteiger partial charge in [0.2, 0.25) is 0 Å². The first-order chi connectivity index (χ1) is 8.47. The molecule has 1 saturated heterocycles. The highest BCUT2D eigenvalue weighted by Crippen LogP contribution is 2.18. The van der Waals surface area contributed by atoms with Crippen molar-refractivity contribution in [2.45, 2.75) is 6.04 Å². The molecule has 5 nitrogen and oxygen atoms in total. The molecule has 2 rings (SSSR count). The van der Waals surface area contributed by atoms with Gasteiger partial charge < -0.3 is 15.3 Å². The van der Waals surface area contributed by atoms with Crippen molar-refractivity contribution >= 4 is 23.6 Å². The van der Waals surface area contributed by atoms with E-state index in [2.05, 4.69) is 5.32 Å². The molecule has 0 radical (unpaired) electrons. The van der Waals surface area contributed by atoms with Crippen LogP contribution in [0.1, 0.15) is 10.4 Å². The minimum atomic E-state index is -1.01. The summed E-state index contributed by atoms with van der Waals surface area (Å²) >= 11 is 5.74. The molecule has 1 aromatic carbocycles. The van der Waals surface area contributed by atoms with Gasteiger partial charge in [-0.05, 0) is 18.2 Å². The zero-order valence-corrected chi connectivity index (χ0v) is 9.95. The van der Waals surface area contributed by atoms with E-state index in [4.69, 9.17) is 16.7 Å². The number of hydrogen-bond acceptors (Lipinski definition) is 2. The second-order valence-corrected chi connectivity index (χ2v) is 4.39. The normalized spacial score (nSPS) is 15.1. The first kappa shape index (κ1) is 12.6. The molecular formula is C11H10ClFN2O3. The smallest absolute Gasteiger partial charge is 0.407 e. The number of rotatable bonds is 2. The van der Waals surface area contributed by atoms with Gasteiger partial charge in [-0.15, -0.1) is 0 Å². The number of nitrogens with one attached hydrogen (secondary N) is 1. The Balaban J connectivity index is 1.95. The van der Waals surface area contributed by atoms with Crippen molar-refractivity contribution in [3.8, 4) is 0 Å². The molecule has 0 saturated carbocycles. The molecule has 1 aliphatic heterocycles. The van der Waals surface area contributed by atoms with Crippen LogP contribution < -0.4 is 5.32 Å². The number of carboxylic acid groups (broad SMARTS) is 1. The Morgan fingerprint density at radius 2 is 2.11 bits per heavy atom. The first-order valence-corrected chi connectivity index (χ1v) is 5.59. The van der Waals surface area contributed by atoms with E-state index in [1.807, 2.05) is 0 Å². The van der Waals surface area contributed by atoms with Crippen molar-refractivity contribution in [1.82, 2.24) is 10.2 Å². The van der Waals surface area contributed by atoms with Crippen LogP contribution in [0.4, 0.5) is 9.18 Å². The molecule has 0 bridgehead atoms. The highest BCUT2D eigenvalue weighted by Gasteiger charge is 2.31. The average Bonchev–Trinajstić information content (AvgIpc) is 2.21. The zero-order chi connectivity index (χ0) is 13.3. The summed E-state index contributed by atoms with van der Waals surface area (Å²) in [6, 6.07) is 3.27. The molecule has 0 atom stereocenters. The highest BCUT2D eigenvalue weighted by molar-refractivity contribution is 6.33. The quantitative estimate of drug-likeness (QED) is 0.859. The minimum absolute atomic E-state index is 0.0296. The molecule has 2 amide bonds. The Kier molecular flexibility index (Phi) is 3.38. The molecule has 2 N–H and O–H groups in total. The van der Waals surface area contributed by atoms with Crippen molar-refractivity contribution in [3.63, 3.8) is 0 Å². The summed E-state index contributed by atoms with van der Waals surface area (Å²) in [5.41, 5.74) is 0.173. The van der Waals surface area contributed by atoms with Gasteiger partial charge in [-0.25, -0.2) is 9.18 Å². The summed E-state index contributed by atoms with van der Waals surface area (Å²) in [5.74, 6) is -0.952. The lowest BCUT2D eigenvalue weighted by molar-refractivity contribution is 0.0768. The molecule has 1 fully saturated rings.